The quantitative estimate of drug-likeness (QED) is 0.811. The molecule has 0 bridgehead atoms. The molecule has 0 saturated heterocycles. The Morgan fingerprint density at radius 1 is 1.57 bits per heavy atom. The zero-order valence-corrected chi connectivity index (χ0v) is 9.21. The number of carboxylic acids is 1. The molecule has 2 rings (SSSR count). The molecular formula is C10H10BrNO2. The van der Waals surface area contributed by atoms with Gasteiger partial charge in [-0.05, 0) is 23.8 Å². The molecule has 1 aliphatic rings. The summed E-state index contributed by atoms with van der Waals surface area (Å²) in [5.41, 5.74) is 1.99. The molecule has 0 fully saturated rings. The van der Waals surface area contributed by atoms with Gasteiger partial charge in [0.25, 0.3) is 0 Å². The zero-order chi connectivity index (χ0) is 10.3. The van der Waals surface area contributed by atoms with E-state index in [4.69, 9.17) is 5.11 Å². The Labute approximate surface area is 90.3 Å². The minimum absolute atomic E-state index is 0.0139. The molecule has 2 unspecified atom stereocenters. The van der Waals surface area contributed by atoms with Crippen LogP contribution in [0.1, 0.15) is 18.4 Å². The van der Waals surface area contributed by atoms with Gasteiger partial charge in [0.2, 0.25) is 0 Å². The lowest BCUT2D eigenvalue weighted by Gasteiger charge is -2.10. The number of aliphatic carboxylic acids is 1. The Morgan fingerprint density at radius 3 is 2.93 bits per heavy atom. The fourth-order valence-electron chi connectivity index (χ4n) is 1.79. The van der Waals surface area contributed by atoms with Gasteiger partial charge >= 0.3 is 5.97 Å². The first kappa shape index (κ1) is 9.52. The third kappa shape index (κ3) is 1.39. The van der Waals surface area contributed by atoms with Crippen molar-refractivity contribution in [1.82, 2.24) is 0 Å². The summed E-state index contributed by atoms with van der Waals surface area (Å²) in [6.07, 6.45) is 0. The highest BCUT2D eigenvalue weighted by molar-refractivity contribution is 9.10. The summed E-state index contributed by atoms with van der Waals surface area (Å²) < 4.78 is 0.982. The lowest BCUT2D eigenvalue weighted by Crippen LogP contribution is -2.28. The van der Waals surface area contributed by atoms with Crippen LogP contribution >= 0.6 is 15.9 Å². The topological polar surface area (TPSA) is 49.3 Å². The first-order valence-electron chi connectivity index (χ1n) is 4.38. The lowest BCUT2D eigenvalue weighted by molar-refractivity contribution is -0.138. The van der Waals surface area contributed by atoms with Crippen LogP contribution in [0, 0.1) is 0 Å². The average Bonchev–Trinajstić information content (AvgIpc) is 2.44. The van der Waals surface area contributed by atoms with Crippen LogP contribution in [0.5, 0.6) is 0 Å². The number of carboxylic acid groups (broad SMARTS) is 1. The van der Waals surface area contributed by atoms with Gasteiger partial charge in [0, 0.05) is 16.1 Å². The highest BCUT2D eigenvalue weighted by Crippen LogP contribution is 2.37. The molecule has 0 radical (unpaired) electrons. The predicted octanol–water partition coefficient (Wildman–Crippen LogP) is 2.43. The molecule has 0 aromatic heterocycles. The molecule has 1 aromatic rings. The van der Waals surface area contributed by atoms with Gasteiger partial charge < -0.3 is 10.4 Å². The largest absolute Gasteiger partial charge is 0.480 e. The molecule has 3 nitrogen and oxygen atoms in total. The Balaban J connectivity index is 2.41. The SMILES string of the molecule is CC1c2cc(Br)ccc2NC1C(=O)O. The molecule has 4 heteroatoms. The van der Waals surface area contributed by atoms with E-state index >= 15 is 0 Å². The van der Waals surface area contributed by atoms with Gasteiger partial charge in [0.1, 0.15) is 6.04 Å². The second-order valence-corrected chi connectivity index (χ2v) is 4.40. The van der Waals surface area contributed by atoms with Crippen LogP contribution in [0.15, 0.2) is 22.7 Å². The number of hydrogen-bond donors (Lipinski definition) is 2. The van der Waals surface area contributed by atoms with Gasteiger partial charge in [-0.3, -0.25) is 0 Å². The first-order chi connectivity index (χ1) is 6.59. The summed E-state index contributed by atoms with van der Waals surface area (Å²) in [5, 5.41) is 11.9. The molecule has 0 aliphatic carbocycles. The minimum atomic E-state index is -0.801. The van der Waals surface area contributed by atoms with Crippen molar-refractivity contribution in [2.75, 3.05) is 5.32 Å². The second kappa shape index (κ2) is 3.28. The first-order valence-corrected chi connectivity index (χ1v) is 5.17. The summed E-state index contributed by atoms with van der Waals surface area (Å²) in [6.45, 7) is 1.92. The van der Waals surface area contributed by atoms with E-state index in [0.29, 0.717) is 0 Å². The van der Waals surface area contributed by atoms with Crippen molar-refractivity contribution in [2.24, 2.45) is 0 Å². The zero-order valence-electron chi connectivity index (χ0n) is 7.62. The van der Waals surface area contributed by atoms with Gasteiger partial charge in [0.05, 0.1) is 0 Å². The van der Waals surface area contributed by atoms with Crippen LogP contribution in [0.3, 0.4) is 0 Å². The van der Waals surface area contributed by atoms with Crippen molar-refractivity contribution in [3.05, 3.63) is 28.2 Å². The van der Waals surface area contributed by atoms with Crippen molar-refractivity contribution >= 4 is 27.6 Å². The molecule has 2 N–H and O–H groups in total. The third-order valence-corrected chi connectivity index (χ3v) is 3.07. The highest BCUT2D eigenvalue weighted by atomic mass is 79.9. The van der Waals surface area contributed by atoms with E-state index in [9.17, 15) is 4.79 Å². The average molecular weight is 256 g/mol. The lowest BCUT2D eigenvalue weighted by atomic mass is 9.97. The highest BCUT2D eigenvalue weighted by Gasteiger charge is 2.33. The maximum absolute atomic E-state index is 10.9. The van der Waals surface area contributed by atoms with Crippen molar-refractivity contribution in [2.45, 2.75) is 18.9 Å². The van der Waals surface area contributed by atoms with Crippen LogP contribution in [0.2, 0.25) is 0 Å². The molecule has 0 spiro atoms. The number of hydrogen-bond acceptors (Lipinski definition) is 2. The van der Waals surface area contributed by atoms with Crippen molar-refractivity contribution in [3.8, 4) is 0 Å². The van der Waals surface area contributed by atoms with Crippen LogP contribution in [-0.2, 0) is 4.79 Å². The molecule has 14 heavy (non-hydrogen) atoms. The smallest absolute Gasteiger partial charge is 0.326 e. The van der Waals surface area contributed by atoms with Crippen LogP contribution in [0.25, 0.3) is 0 Å². The van der Waals surface area contributed by atoms with E-state index in [0.717, 1.165) is 15.7 Å². The van der Waals surface area contributed by atoms with E-state index in [-0.39, 0.29) is 5.92 Å². The number of benzene rings is 1. The summed E-state index contributed by atoms with van der Waals surface area (Å²) in [7, 11) is 0. The van der Waals surface area contributed by atoms with E-state index in [1.807, 2.05) is 25.1 Å². The molecule has 1 aliphatic heterocycles. The maximum Gasteiger partial charge on any atom is 0.326 e. The molecule has 0 amide bonds. The molecule has 1 aromatic carbocycles. The fraction of sp³-hybridized carbons (Fsp3) is 0.300. The van der Waals surface area contributed by atoms with Crippen molar-refractivity contribution in [3.63, 3.8) is 0 Å². The second-order valence-electron chi connectivity index (χ2n) is 3.48. The molecule has 0 saturated carbocycles. The van der Waals surface area contributed by atoms with E-state index in [1.54, 1.807) is 0 Å². The van der Waals surface area contributed by atoms with Crippen LogP contribution < -0.4 is 5.32 Å². The maximum atomic E-state index is 10.9. The number of rotatable bonds is 1. The van der Waals surface area contributed by atoms with E-state index in [2.05, 4.69) is 21.2 Å². The monoisotopic (exact) mass is 255 g/mol. The van der Waals surface area contributed by atoms with Gasteiger partial charge in [-0.2, -0.15) is 0 Å². The van der Waals surface area contributed by atoms with Gasteiger partial charge in [-0.25, -0.2) is 4.79 Å². The van der Waals surface area contributed by atoms with Crippen molar-refractivity contribution in [1.29, 1.82) is 0 Å². The molecule has 2 atom stereocenters. The van der Waals surface area contributed by atoms with E-state index in [1.165, 1.54) is 0 Å². The van der Waals surface area contributed by atoms with Crippen LogP contribution in [-0.4, -0.2) is 17.1 Å². The summed E-state index contributed by atoms with van der Waals surface area (Å²) >= 11 is 3.37. The van der Waals surface area contributed by atoms with Crippen molar-refractivity contribution < 1.29 is 9.90 Å². The fourth-order valence-corrected chi connectivity index (χ4v) is 2.17. The van der Waals surface area contributed by atoms with Crippen LogP contribution in [0.4, 0.5) is 5.69 Å². The Bertz CT molecular complexity index is 392. The van der Waals surface area contributed by atoms with Gasteiger partial charge in [-0.1, -0.05) is 22.9 Å². The molecular weight excluding hydrogens is 246 g/mol. The normalized spacial score (nSPS) is 24.1. The summed E-state index contributed by atoms with van der Waals surface area (Å²) in [5.74, 6) is -0.787. The standard InChI is InChI=1S/C10H10BrNO2/c1-5-7-4-6(11)2-3-8(7)12-9(5)10(13)14/h2-5,9,12H,1H3,(H,13,14). The van der Waals surface area contributed by atoms with E-state index < -0.39 is 12.0 Å². The molecule has 74 valence electrons. The summed E-state index contributed by atoms with van der Waals surface area (Å²) in [4.78, 5) is 10.9. The number of carbonyl (C=O) groups is 1. The summed E-state index contributed by atoms with van der Waals surface area (Å²) in [6, 6.07) is 5.27. The van der Waals surface area contributed by atoms with Gasteiger partial charge in [0.15, 0.2) is 0 Å². The third-order valence-electron chi connectivity index (χ3n) is 2.58. The number of anilines is 1. The Kier molecular flexibility index (Phi) is 2.23. The molecule has 1 heterocycles. The minimum Gasteiger partial charge on any atom is -0.480 e. The number of fused-ring (bicyclic) bond motifs is 1. The number of halogens is 1. The Morgan fingerprint density at radius 2 is 2.29 bits per heavy atom. The van der Waals surface area contributed by atoms with Gasteiger partial charge in [-0.15, -0.1) is 0 Å². The number of nitrogens with one attached hydrogen (secondary N) is 1. The Hall–Kier alpha value is -1.03. The predicted molar refractivity (Wildman–Crippen MR) is 57.6 cm³/mol.